The highest BCUT2D eigenvalue weighted by Gasteiger charge is 2.32. The van der Waals surface area contributed by atoms with Gasteiger partial charge in [0.1, 0.15) is 11.6 Å². The van der Waals surface area contributed by atoms with Gasteiger partial charge < -0.3 is 9.84 Å². The molecule has 1 saturated heterocycles. The fraction of sp³-hybridized carbons (Fsp3) is 0.455. The summed E-state index contributed by atoms with van der Waals surface area (Å²) in [5, 5.41) is 10.2. The van der Waals surface area contributed by atoms with Gasteiger partial charge in [0.05, 0.1) is 5.60 Å². The summed E-state index contributed by atoms with van der Waals surface area (Å²) < 4.78 is 31.0. The second-order valence-electron chi connectivity index (χ2n) is 3.80. The lowest BCUT2D eigenvalue weighted by Gasteiger charge is -2.32. The van der Waals surface area contributed by atoms with Crippen LogP contribution in [-0.2, 0) is 10.3 Å². The zero-order valence-corrected chi connectivity index (χ0v) is 8.17. The molecular weight excluding hydrogens is 202 g/mol. The average molecular weight is 214 g/mol. The van der Waals surface area contributed by atoms with Crippen molar-refractivity contribution in [1.29, 1.82) is 0 Å². The number of aliphatic hydroxyl groups is 1. The predicted molar refractivity (Wildman–Crippen MR) is 50.3 cm³/mol. The van der Waals surface area contributed by atoms with E-state index in [1.165, 1.54) is 12.1 Å². The molecule has 4 heteroatoms. The minimum atomic E-state index is -1.15. The Labute approximate surface area is 86.5 Å². The molecule has 0 radical (unpaired) electrons. The Morgan fingerprint density at radius 1 is 1.07 bits per heavy atom. The molecule has 1 N–H and O–H groups in total. The molecule has 1 aromatic carbocycles. The number of ether oxygens (including phenoxy) is 1. The smallest absolute Gasteiger partial charge is 0.126 e. The molecule has 0 aromatic heterocycles. The molecule has 1 aliphatic rings. The number of benzene rings is 1. The lowest BCUT2D eigenvalue weighted by atomic mass is 9.86. The van der Waals surface area contributed by atoms with E-state index >= 15 is 0 Å². The number of hydrogen-bond acceptors (Lipinski definition) is 2. The van der Waals surface area contributed by atoms with Crippen LogP contribution in [0.1, 0.15) is 18.4 Å². The van der Waals surface area contributed by atoms with Crippen LogP contribution in [0.25, 0.3) is 0 Å². The Bertz CT molecular complexity index is 339. The first-order valence-corrected chi connectivity index (χ1v) is 4.87. The van der Waals surface area contributed by atoms with Crippen LogP contribution < -0.4 is 0 Å². The summed E-state index contributed by atoms with van der Waals surface area (Å²) >= 11 is 0. The second-order valence-corrected chi connectivity index (χ2v) is 3.80. The van der Waals surface area contributed by atoms with Crippen LogP contribution in [0.3, 0.4) is 0 Å². The first-order valence-electron chi connectivity index (χ1n) is 4.87. The van der Waals surface area contributed by atoms with E-state index in [1.54, 1.807) is 0 Å². The Balaban J connectivity index is 2.34. The normalized spacial score (nSPS) is 20.2. The van der Waals surface area contributed by atoms with Gasteiger partial charge in [0.2, 0.25) is 0 Å². The summed E-state index contributed by atoms with van der Waals surface area (Å²) in [5.74, 6) is -1.32. The lowest BCUT2D eigenvalue weighted by molar-refractivity contribution is -0.0682. The van der Waals surface area contributed by atoms with Gasteiger partial charge in [0.25, 0.3) is 0 Å². The third-order valence-electron chi connectivity index (χ3n) is 2.72. The zero-order valence-electron chi connectivity index (χ0n) is 8.17. The summed E-state index contributed by atoms with van der Waals surface area (Å²) in [6.45, 7) is 0.823. The van der Waals surface area contributed by atoms with Crippen LogP contribution in [0.5, 0.6) is 0 Å². The fourth-order valence-corrected chi connectivity index (χ4v) is 1.82. The first kappa shape index (κ1) is 10.5. The summed E-state index contributed by atoms with van der Waals surface area (Å²) in [5.41, 5.74) is -0.857. The van der Waals surface area contributed by atoms with E-state index in [-0.39, 0.29) is 0 Å². The monoisotopic (exact) mass is 214 g/mol. The molecule has 82 valence electrons. The predicted octanol–water partition coefficient (Wildman–Crippen LogP) is 1.96. The highest BCUT2D eigenvalue weighted by Crippen LogP contribution is 2.32. The van der Waals surface area contributed by atoms with Crippen molar-refractivity contribution >= 4 is 0 Å². The molecule has 0 aliphatic carbocycles. The van der Waals surface area contributed by atoms with Crippen molar-refractivity contribution in [2.24, 2.45) is 0 Å². The maximum Gasteiger partial charge on any atom is 0.126 e. The van der Waals surface area contributed by atoms with Gasteiger partial charge in [-0.2, -0.15) is 0 Å². The Morgan fingerprint density at radius 3 is 2.13 bits per heavy atom. The van der Waals surface area contributed by atoms with Crippen LogP contribution in [-0.4, -0.2) is 18.3 Å². The van der Waals surface area contributed by atoms with Gasteiger partial charge in [0.15, 0.2) is 0 Å². The van der Waals surface area contributed by atoms with E-state index in [4.69, 9.17) is 4.74 Å². The van der Waals surface area contributed by atoms with E-state index < -0.39 is 17.2 Å². The van der Waals surface area contributed by atoms with E-state index in [1.807, 2.05) is 0 Å². The molecule has 1 fully saturated rings. The minimum Gasteiger partial charge on any atom is -0.385 e. The van der Waals surface area contributed by atoms with Gasteiger partial charge in [0, 0.05) is 32.1 Å². The van der Waals surface area contributed by atoms with Gasteiger partial charge in [-0.1, -0.05) is 0 Å². The molecule has 1 aromatic rings. The molecule has 1 aliphatic heterocycles. The number of halogens is 2. The molecule has 0 saturated carbocycles. The van der Waals surface area contributed by atoms with E-state index in [2.05, 4.69) is 0 Å². The largest absolute Gasteiger partial charge is 0.385 e. The van der Waals surface area contributed by atoms with Gasteiger partial charge in [-0.25, -0.2) is 8.78 Å². The highest BCUT2D eigenvalue weighted by molar-refractivity contribution is 5.24. The SMILES string of the molecule is OC1(c2cc(F)cc(F)c2)CCOCC1. The number of hydrogen-bond donors (Lipinski definition) is 1. The molecule has 2 rings (SSSR count). The zero-order chi connectivity index (χ0) is 10.9. The third kappa shape index (κ3) is 2.16. The standard InChI is InChI=1S/C11H12F2O2/c12-9-5-8(6-10(13)7-9)11(14)1-3-15-4-2-11/h5-7,14H,1-4H2. The molecule has 0 bridgehead atoms. The molecular formula is C11H12F2O2. The molecule has 0 atom stereocenters. The van der Waals surface area contributed by atoms with Crippen molar-refractivity contribution in [3.05, 3.63) is 35.4 Å². The van der Waals surface area contributed by atoms with Crippen molar-refractivity contribution in [3.8, 4) is 0 Å². The lowest BCUT2D eigenvalue weighted by Crippen LogP contribution is -2.33. The topological polar surface area (TPSA) is 29.5 Å². The summed E-state index contributed by atoms with van der Waals surface area (Å²) in [6.07, 6.45) is 0.742. The number of rotatable bonds is 1. The Morgan fingerprint density at radius 2 is 1.60 bits per heavy atom. The van der Waals surface area contributed by atoms with Crippen molar-refractivity contribution in [3.63, 3.8) is 0 Å². The van der Waals surface area contributed by atoms with Crippen molar-refractivity contribution in [2.75, 3.05) is 13.2 Å². The first-order chi connectivity index (χ1) is 7.10. The molecule has 1 heterocycles. The maximum absolute atomic E-state index is 13.0. The van der Waals surface area contributed by atoms with E-state index in [0.29, 0.717) is 31.6 Å². The van der Waals surface area contributed by atoms with E-state index in [9.17, 15) is 13.9 Å². The summed E-state index contributed by atoms with van der Waals surface area (Å²) in [4.78, 5) is 0. The van der Waals surface area contributed by atoms with Crippen LogP contribution in [0.4, 0.5) is 8.78 Å². The molecule has 2 nitrogen and oxygen atoms in total. The van der Waals surface area contributed by atoms with Gasteiger partial charge in [-0.15, -0.1) is 0 Å². The molecule has 0 unspecified atom stereocenters. The third-order valence-corrected chi connectivity index (χ3v) is 2.72. The molecule has 0 amide bonds. The Hall–Kier alpha value is -1.00. The van der Waals surface area contributed by atoms with Crippen LogP contribution in [0.2, 0.25) is 0 Å². The van der Waals surface area contributed by atoms with Crippen molar-refractivity contribution < 1.29 is 18.6 Å². The van der Waals surface area contributed by atoms with E-state index in [0.717, 1.165) is 6.07 Å². The van der Waals surface area contributed by atoms with Crippen molar-refractivity contribution in [2.45, 2.75) is 18.4 Å². The maximum atomic E-state index is 13.0. The molecule has 0 spiro atoms. The van der Waals surface area contributed by atoms with Crippen LogP contribution in [0.15, 0.2) is 18.2 Å². The van der Waals surface area contributed by atoms with Gasteiger partial charge >= 0.3 is 0 Å². The van der Waals surface area contributed by atoms with Crippen LogP contribution in [0, 0.1) is 11.6 Å². The summed E-state index contributed by atoms with van der Waals surface area (Å²) in [6, 6.07) is 3.15. The van der Waals surface area contributed by atoms with Crippen LogP contribution >= 0.6 is 0 Å². The quantitative estimate of drug-likeness (QED) is 0.774. The molecule has 15 heavy (non-hydrogen) atoms. The fourth-order valence-electron chi connectivity index (χ4n) is 1.82. The van der Waals surface area contributed by atoms with Crippen molar-refractivity contribution in [1.82, 2.24) is 0 Å². The average Bonchev–Trinajstić information content (AvgIpc) is 2.17. The Kier molecular flexibility index (Phi) is 2.71. The summed E-state index contributed by atoms with van der Waals surface area (Å²) in [7, 11) is 0. The minimum absolute atomic E-state index is 0.295. The highest BCUT2D eigenvalue weighted by atomic mass is 19.1. The van der Waals surface area contributed by atoms with Gasteiger partial charge in [-0.3, -0.25) is 0 Å². The van der Waals surface area contributed by atoms with Gasteiger partial charge in [-0.05, 0) is 17.7 Å². The second kappa shape index (κ2) is 3.87.